The summed E-state index contributed by atoms with van der Waals surface area (Å²) in [7, 11) is 0. The maximum absolute atomic E-state index is 9.47. The van der Waals surface area contributed by atoms with Crippen LogP contribution in [0.4, 0.5) is 0 Å². The van der Waals surface area contributed by atoms with Crippen LogP contribution in [0, 0.1) is 0 Å². The summed E-state index contributed by atoms with van der Waals surface area (Å²) in [5.74, 6) is 0. The fourth-order valence-electron chi connectivity index (χ4n) is 1.43. The molecule has 0 radical (unpaired) electrons. The molecule has 0 aromatic carbocycles. The third kappa shape index (κ3) is 4.74. The van der Waals surface area contributed by atoms with Crippen LogP contribution in [0.1, 0.15) is 39.0 Å². The highest BCUT2D eigenvalue weighted by Gasteiger charge is 2.17. The highest BCUT2D eigenvalue weighted by atomic mass is 16.7. The topological polar surface area (TPSA) is 38.7 Å². The van der Waals surface area contributed by atoms with Crippen LogP contribution >= 0.6 is 0 Å². The number of hydrogen-bond acceptors (Lipinski definition) is 3. The molecular weight excluding hydrogens is 180 g/mol. The van der Waals surface area contributed by atoms with Crippen molar-refractivity contribution in [1.29, 1.82) is 0 Å². The maximum Gasteiger partial charge on any atom is 0.161 e. The van der Waals surface area contributed by atoms with Crippen molar-refractivity contribution in [3.63, 3.8) is 0 Å². The van der Waals surface area contributed by atoms with Crippen molar-refractivity contribution in [2.45, 2.75) is 51.6 Å². The van der Waals surface area contributed by atoms with Crippen molar-refractivity contribution in [2.24, 2.45) is 0 Å². The van der Waals surface area contributed by atoms with E-state index in [2.05, 4.69) is 6.92 Å². The molecule has 1 heterocycles. The molecule has 3 heteroatoms. The lowest BCUT2D eigenvalue weighted by atomic mass is 10.2. The SMILES string of the molecule is CCC=CCC(O)OC1CCCCO1. The molecule has 3 nitrogen and oxygen atoms in total. The number of aliphatic hydroxyl groups excluding tert-OH is 1. The van der Waals surface area contributed by atoms with Crippen LogP contribution in [-0.2, 0) is 9.47 Å². The van der Waals surface area contributed by atoms with Gasteiger partial charge >= 0.3 is 0 Å². The van der Waals surface area contributed by atoms with E-state index in [4.69, 9.17) is 9.47 Å². The van der Waals surface area contributed by atoms with E-state index < -0.39 is 6.29 Å². The van der Waals surface area contributed by atoms with E-state index >= 15 is 0 Å². The Morgan fingerprint density at radius 2 is 2.36 bits per heavy atom. The van der Waals surface area contributed by atoms with E-state index in [9.17, 15) is 5.11 Å². The zero-order valence-corrected chi connectivity index (χ0v) is 8.82. The van der Waals surface area contributed by atoms with Crippen LogP contribution in [-0.4, -0.2) is 24.3 Å². The molecule has 2 atom stereocenters. The molecule has 1 N–H and O–H groups in total. The zero-order valence-electron chi connectivity index (χ0n) is 8.82. The largest absolute Gasteiger partial charge is 0.368 e. The van der Waals surface area contributed by atoms with E-state index in [1.807, 2.05) is 12.2 Å². The molecule has 1 rings (SSSR count). The van der Waals surface area contributed by atoms with Crippen molar-refractivity contribution in [3.8, 4) is 0 Å². The quantitative estimate of drug-likeness (QED) is 0.546. The molecule has 2 unspecified atom stereocenters. The Balaban J connectivity index is 2.11. The monoisotopic (exact) mass is 200 g/mol. The van der Waals surface area contributed by atoms with Crippen molar-refractivity contribution < 1.29 is 14.6 Å². The lowest BCUT2D eigenvalue weighted by molar-refractivity contribution is -0.238. The average Bonchev–Trinajstić information content (AvgIpc) is 2.20. The summed E-state index contributed by atoms with van der Waals surface area (Å²) in [5, 5.41) is 9.47. The molecule has 1 fully saturated rings. The Morgan fingerprint density at radius 3 is 3.00 bits per heavy atom. The Bertz CT molecular complexity index is 162. The molecule has 0 amide bonds. The molecule has 0 bridgehead atoms. The minimum absolute atomic E-state index is 0.200. The molecule has 0 aromatic rings. The second-order valence-corrected chi connectivity index (χ2v) is 3.50. The summed E-state index contributed by atoms with van der Waals surface area (Å²) in [6, 6.07) is 0. The fourth-order valence-corrected chi connectivity index (χ4v) is 1.43. The first kappa shape index (κ1) is 11.7. The molecule has 1 aliphatic rings. The Morgan fingerprint density at radius 1 is 1.50 bits per heavy atom. The van der Waals surface area contributed by atoms with Crippen molar-refractivity contribution in [2.75, 3.05) is 6.61 Å². The molecule has 14 heavy (non-hydrogen) atoms. The van der Waals surface area contributed by atoms with Crippen LogP contribution in [0.15, 0.2) is 12.2 Å². The van der Waals surface area contributed by atoms with E-state index in [-0.39, 0.29) is 6.29 Å². The van der Waals surface area contributed by atoms with Gasteiger partial charge in [-0.3, -0.25) is 0 Å². The summed E-state index contributed by atoms with van der Waals surface area (Å²) in [4.78, 5) is 0. The minimum Gasteiger partial charge on any atom is -0.368 e. The predicted molar refractivity (Wildman–Crippen MR) is 54.7 cm³/mol. The fraction of sp³-hybridized carbons (Fsp3) is 0.818. The van der Waals surface area contributed by atoms with Gasteiger partial charge in [0.2, 0.25) is 0 Å². The van der Waals surface area contributed by atoms with Gasteiger partial charge in [0, 0.05) is 13.0 Å². The second kappa shape index (κ2) is 6.98. The predicted octanol–water partition coefficient (Wildman–Crippen LogP) is 2.20. The summed E-state index contributed by atoms with van der Waals surface area (Å²) in [6.45, 7) is 2.82. The van der Waals surface area contributed by atoms with E-state index in [0.717, 1.165) is 32.3 Å². The molecule has 0 spiro atoms. The van der Waals surface area contributed by atoms with Gasteiger partial charge in [-0.2, -0.15) is 0 Å². The molecular formula is C11H20O3. The minimum atomic E-state index is -0.721. The smallest absolute Gasteiger partial charge is 0.161 e. The van der Waals surface area contributed by atoms with Crippen LogP contribution in [0.5, 0.6) is 0 Å². The number of hydrogen-bond donors (Lipinski definition) is 1. The van der Waals surface area contributed by atoms with Crippen molar-refractivity contribution >= 4 is 0 Å². The Hall–Kier alpha value is -0.380. The number of ether oxygens (including phenoxy) is 2. The highest BCUT2D eigenvalue weighted by Crippen LogP contribution is 2.15. The summed E-state index contributed by atoms with van der Waals surface area (Å²) in [5.41, 5.74) is 0. The normalized spacial score (nSPS) is 25.4. The maximum atomic E-state index is 9.47. The van der Waals surface area contributed by atoms with Gasteiger partial charge in [-0.1, -0.05) is 19.1 Å². The lowest BCUT2D eigenvalue weighted by Crippen LogP contribution is -2.27. The van der Waals surface area contributed by atoms with Gasteiger partial charge in [-0.15, -0.1) is 0 Å². The summed E-state index contributed by atoms with van der Waals surface area (Å²) in [6.07, 6.45) is 7.71. The molecule has 1 aliphatic heterocycles. The highest BCUT2D eigenvalue weighted by molar-refractivity contribution is 4.80. The van der Waals surface area contributed by atoms with Gasteiger partial charge in [-0.25, -0.2) is 0 Å². The third-order valence-corrected chi connectivity index (χ3v) is 2.19. The molecule has 82 valence electrons. The lowest BCUT2D eigenvalue weighted by Gasteiger charge is -2.24. The van der Waals surface area contributed by atoms with Gasteiger partial charge in [0.25, 0.3) is 0 Å². The van der Waals surface area contributed by atoms with Crippen LogP contribution < -0.4 is 0 Å². The molecule has 0 aromatic heterocycles. The zero-order chi connectivity index (χ0) is 10.2. The molecule has 0 saturated carbocycles. The van der Waals surface area contributed by atoms with E-state index in [0.29, 0.717) is 6.42 Å². The third-order valence-electron chi connectivity index (χ3n) is 2.19. The summed E-state index contributed by atoms with van der Waals surface area (Å²) >= 11 is 0. The first-order chi connectivity index (χ1) is 6.83. The van der Waals surface area contributed by atoms with Gasteiger partial charge in [-0.05, 0) is 25.7 Å². The number of aliphatic hydroxyl groups is 1. The Labute approximate surface area is 85.7 Å². The average molecular weight is 200 g/mol. The Kier molecular flexibility index (Phi) is 5.83. The van der Waals surface area contributed by atoms with Gasteiger partial charge in [0.15, 0.2) is 12.6 Å². The van der Waals surface area contributed by atoms with Crippen molar-refractivity contribution in [1.82, 2.24) is 0 Å². The summed E-state index contributed by atoms with van der Waals surface area (Å²) < 4.78 is 10.7. The standard InChI is InChI=1S/C11H20O3/c1-2-3-4-7-10(12)14-11-8-5-6-9-13-11/h3-4,10-12H,2,5-9H2,1H3. The van der Waals surface area contributed by atoms with Crippen LogP contribution in [0.2, 0.25) is 0 Å². The first-order valence-electron chi connectivity index (χ1n) is 5.43. The van der Waals surface area contributed by atoms with E-state index in [1.165, 1.54) is 0 Å². The van der Waals surface area contributed by atoms with Crippen LogP contribution in [0.25, 0.3) is 0 Å². The van der Waals surface area contributed by atoms with Crippen LogP contribution in [0.3, 0.4) is 0 Å². The van der Waals surface area contributed by atoms with Gasteiger partial charge in [0.05, 0.1) is 0 Å². The number of rotatable bonds is 5. The molecule has 1 saturated heterocycles. The van der Waals surface area contributed by atoms with E-state index in [1.54, 1.807) is 0 Å². The van der Waals surface area contributed by atoms with Gasteiger partial charge in [0.1, 0.15) is 0 Å². The van der Waals surface area contributed by atoms with Gasteiger partial charge < -0.3 is 14.6 Å². The first-order valence-corrected chi connectivity index (χ1v) is 5.43. The number of allylic oxidation sites excluding steroid dienone is 1. The molecule has 0 aliphatic carbocycles. The second-order valence-electron chi connectivity index (χ2n) is 3.50. The van der Waals surface area contributed by atoms with Crippen molar-refractivity contribution in [3.05, 3.63) is 12.2 Å².